The molecule has 6 heteroatoms. The van der Waals surface area contributed by atoms with Crippen molar-refractivity contribution in [1.82, 2.24) is 13.7 Å². The summed E-state index contributed by atoms with van der Waals surface area (Å²) in [7, 11) is 0. The van der Waals surface area contributed by atoms with E-state index < -0.39 is 0 Å². The Labute approximate surface area is 785 Å². The average molecular weight is 1730 g/mol. The lowest BCUT2D eigenvalue weighted by Crippen LogP contribution is -2.18. The molecule has 0 fully saturated rings. The van der Waals surface area contributed by atoms with Crippen LogP contribution >= 0.6 is 0 Å². The molecular weight excluding hydrogens is 1610 g/mol. The molecule has 3 heterocycles. The van der Waals surface area contributed by atoms with Crippen molar-refractivity contribution >= 4 is 117 Å². The number of hydrogen-bond acceptors (Lipinski definition) is 3. The van der Waals surface area contributed by atoms with E-state index in [1.54, 1.807) is 0 Å². The molecule has 0 saturated carbocycles. The van der Waals surface area contributed by atoms with Gasteiger partial charge >= 0.3 is 0 Å². The van der Waals surface area contributed by atoms with Crippen LogP contribution in [0.4, 0.5) is 51.2 Å². The Morgan fingerprint density at radius 2 is 0.346 bits per heavy atom. The molecule has 0 saturated heterocycles. The molecule has 0 aliphatic carbocycles. The van der Waals surface area contributed by atoms with Crippen LogP contribution in [0.25, 0.3) is 82.5 Å². The van der Waals surface area contributed by atoms with Crippen LogP contribution in [-0.4, -0.2) is 13.7 Å². The first-order valence-electron chi connectivity index (χ1n) is 46.8. The van der Waals surface area contributed by atoms with Crippen molar-refractivity contribution < 1.29 is 0 Å². The summed E-state index contributed by atoms with van der Waals surface area (Å²) in [6, 6.07) is 163. The molecular formula is C127H116N6. The van der Waals surface area contributed by atoms with Gasteiger partial charge in [0.1, 0.15) is 0 Å². The Bertz CT molecular complexity index is 7500. The first-order chi connectivity index (χ1) is 64.3. The molecule has 0 bridgehead atoms. The van der Waals surface area contributed by atoms with E-state index in [0.717, 1.165) is 51.2 Å². The highest BCUT2D eigenvalue weighted by atomic mass is 15.2. The normalized spacial score (nSPS) is 12.0. The van der Waals surface area contributed by atoms with Gasteiger partial charge in [-0.1, -0.05) is 361 Å². The van der Waals surface area contributed by atoms with Gasteiger partial charge in [-0.3, -0.25) is 0 Å². The number of rotatable bonds is 18. The second kappa shape index (κ2) is 35.9. The fourth-order valence-corrected chi connectivity index (χ4v) is 19.4. The molecule has 0 atom stereocenters. The van der Waals surface area contributed by atoms with Crippen molar-refractivity contribution in [1.29, 1.82) is 0 Å². The smallest absolute Gasteiger partial charge is 0.0542 e. The molecule has 0 N–H and O–H groups in total. The van der Waals surface area contributed by atoms with E-state index in [0.29, 0.717) is 0 Å². The first-order valence-corrected chi connectivity index (χ1v) is 46.8. The molecule has 0 aliphatic rings. The van der Waals surface area contributed by atoms with Gasteiger partial charge < -0.3 is 28.4 Å². The zero-order valence-electron chi connectivity index (χ0n) is 78.9. The van der Waals surface area contributed by atoms with Gasteiger partial charge in [-0.25, -0.2) is 0 Å². The number of hydrogen-bond donors (Lipinski definition) is 0. The highest BCUT2D eigenvalue weighted by molar-refractivity contribution is 6.13. The highest BCUT2D eigenvalue weighted by Crippen LogP contribution is 2.47. The third kappa shape index (κ3) is 17.2. The molecule has 0 spiro atoms. The molecule has 3 aromatic heterocycles. The zero-order chi connectivity index (χ0) is 91.9. The van der Waals surface area contributed by atoms with Gasteiger partial charge in [0.15, 0.2) is 0 Å². The topological polar surface area (TPSA) is 24.5 Å². The maximum atomic E-state index is 2.41. The summed E-state index contributed by atoms with van der Waals surface area (Å²) in [5, 5.41) is 7.47. The van der Waals surface area contributed by atoms with Crippen LogP contribution in [-0.2, 0) is 27.1 Å². The van der Waals surface area contributed by atoms with Crippen LogP contribution in [0.15, 0.2) is 449 Å². The Morgan fingerprint density at radius 1 is 0.158 bits per heavy atom. The van der Waals surface area contributed by atoms with E-state index >= 15 is 0 Å². The van der Waals surface area contributed by atoms with Crippen LogP contribution in [0.3, 0.4) is 0 Å². The van der Waals surface area contributed by atoms with Crippen LogP contribution in [0.2, 0.25) is 0 Å². The maximum Gasteiger partial charge on any atom is 0.0542 e. The SMILES string of the molecule is CC(C)(C)c1ccc(N(c2ccc(C(C)(C)C)cc2)c2ccc3c(c2)c2ccccc2n3-c2ccc(C(C)(C)c3ccccc3)cc2)cc1.CC(C)(c1ccccc1)c1ccc(-n2c3ccccc3c3cc(N(c4ccccc4)c4ccccc4)ccc32)cc1.Cc1ccc(N(c2ccc(C)cc2)c2ccc3c(c2)c2ccccc2n3-c2ccc(C(C)(C)c3ccccc3)cc2)cc1. The van der Waals surface area contributed by atoms with Crippen molar-refractivity contribution in [3.05, 3.63) is 505 Å². The molecule has 0 aliphatic heterocycles. The predicted molar refractivity (Wildman–Crippen MR) is 569 cm³/mol. The highest BCUT2D eigenvalue weighted by Gasteiger charge is 2.29. The van der Waals surface area contributed by atoms with E-state index in [2.05, 4.69) is 574 Å². The van der Waals surface area contributed by atoms with Crippen LogP contribution in [0.1, 0.15) is 139 Å². The summed E-state index contributed by atoms with van der Waals surface area (Å²) < 4.78 is 7.20. The van der Waals surface area contributed by atoms with Gasteiger partial charge in [-0.2, -0.15) is 0 Å². The molecule has 0 unspecified atom stereocenters. The molecule has 133 heavy (non-hydrogen) atoms. The van der Waals surface area contributed by atoms with E-state index in [9.17, 15) is 0 Å². The fourth-order valence-electron chi connectivity index (χ4n) is 19.4. The van der Waals surface area contributed by atoms with E-state index in [1.807, 2.05) is 0 Å². The number of anilines is 9. The molecule has 21 aromatic rings. The summed E-state index contributed by atoms with van der Waals surface area (Å²) in [6.07, 6.45) is 0. The standard InChI is InChI=1S/C47H48N2.C41H36N2.C39H32N2/c1-45(2,3)33-18-24-37(25-19-33)48(38-26-20-34(21-27-38)46(4,5)6)40-30-31-44-42(32-40)41-16-12-13-17-43(41)49(44)39-28-22-36(23-29-39)47(7,8)35-14-10-9-11-15-35;1-29-14-20-33(21-15-29)42(34-22-16-30(2)17-23-34)36-26-27-40-38(28-36)37-12-8-9-13-39(37)43(40)35-24-18-32(19-25-35)41(3,4)31-10-6-5-7-11-31;1-39(2,29-14-6-3-7-15-29)30-22-24-33(25-23-30)41-37-21-13-12-20-35(37)36-28-34(26-27-38(36)41)40(31-16-8-4-9-17-31)32-18-10-5-11-19-32/h9-32H,1-8H3;5-28H,1-4H3;3-28H,1-2H3. The number of para-hydroxylation sites is 5. The van der Waals surface area contributed by atoms with Crippen molar-refractivity contribution in [3.63, 3.8) is 0 Å². The van der Waals surface area contributed by atoms with Gasteiger partial charge in [-0.05, 0) is 251 Å². The van der Waals surface area contributed by atoms with E-state index in [4.69, 9.17) is 0 Å². The lowest BCUT2D eigenvalue weighted by atomic mass is 9.78. The second-order valence-corrected chi connectivity index (χ2v) is 39.2. The summed E-state index contributed by atoms with van der Waals surface area (Å²) in [5.41, 5.74) is 34.0. The third-order valence-corrected chi connectivity index (χ3v) is 27.4. The van der Waals surface area contributed by atoms with Crippen molar-refractivity contribution in [2.24, 2.45) is 0 Å². The number of benzene rings is 18. The number of fused-ring (bicyclic) bond motifs is 9. The van der Waals surface area contributed by atoms with Gasteiger partial charge in [0.25, 0.3) is 0 Å². The van der Waals surface area contributed by atoms with Crippen LogP contribution < -0.4 is 14.7 Å². The van der Waals surface area contributed by atoms with Gasteiger partial charge in [-0.15, -0.1) is 0 Å². The largest absolute Gasteiger partial charge is 0.310 e. The summed E-state index contributed by atoms with van der Waals surface area (Å²) in [6.45, 7) is 31.7. The quantitative estimate of drug-likeness (QED) is 0.0856. The van der Waals surface area contributed by atoms with Crippen LogP contribution in [0, 0.1) is 13.8 Å². The number of nitrogens with zero attached hydrogens (tertiary/aromatic N) is 6. The Kier molecular flexibility index (Phi) is 23.5. The van der Waals surface area contributed by atoms with Crippen molar-refractivity contribution in [2.45, 2.75) is 124 Å². The Hall–Kier alpha value is -15.2. The minimum absolute atomic E-state index is 0.0755. The van der Waals surface area contributed by atoms with Gasteiger partial charge in [0.05, 0.1) is 33.1 Å². The van der Waals surface area contributed by atoms with E-state index in [-0.39, 0.29) is 27.1 Å². The van der Waals surface area contributed by atoms with Crippen LogP contribution in [0.5, 0.6) is 0 Å². The van der Waals surface area contributed by atoms with Gasteiger partial charge in [0.2, 0.25) is 0 Å². The van der Waals surface area contributed by atoms with Gasteiger partial charge in [0, 0.05) is 117 Å². The lowest BCUT2D eigenvalue weighted by molar-refractivity contribution is 0.590. The molecule has 18 aromatic carbocycles. The average Bonchev–Trinajstić information content (AvgIpc) is 1.60. The number of aromatic nitrogens is 3. The summed E-state index contributed by atoms with van der Waals surface area (Å²) in [4.78, 5) is 7.07. The Balaban J connectivity index is 0.000000129. The lowest BCUT2D eigenvalue weighted by Gasteiger charge is -2.28. The molecule has 0 radical (unpaired) electrons. The maximum absolute atomic E-state index is 2.41. The Morgan fingerprint density at radius 3 is 0.594 bits per heavy atom. The zero-order valence-corrected chi connectivity index (χ0v) is 78.9. The predicted octanol–water partition coefficient (Wildman–Crippen LogP) is 35.0. The molecule has 21 rings (SSSR count). The summed E-state index contributed by atoms with van der Waals surface area (Å²) >= 11 is 0. The van der Waals surface area contributed by atoms with Crippen molar-refractivity contribution in [2.75, 3.05) is 14.7 Å². The molecule has 654 valence electrons. The third-order valence-electron chi connectivity index (χ3n) is 27.4. The summed E-state index contributed by atoms with van der Waals surface area (Å²) in [5.74, 6) is 0. The second-order valence-electron chi connectivity index (χ2n) is 39.2. The molecule has 0 amide bonds. The van der Waals surface area contributed by atoms with Crippen molar-refractivity contribution in [3.8, 4) is 17.1 Å². The minimum Gasteiger partial charge on any atom is -0.310 e. The fraction of sp³-hybridized carbons (Fsp3) is 0.150. The minimum atomic E-state index is -0.0882. The first kappa shape index (κ1) is 87.1. The number of aryl methyl sites for hydroxylation is 2. The monoisotopic (exact) mass is 1720 g/mol. The van der Waals surface area contributed by atoms with E-state index in [1.165, 1.54) is 138 Å². The molecule has 6 nitrogen and oxygen atoms in total.